The fourth-order valence-corrected chi connectivity index (χ4v) is 4.02. The second-order valence-electron chi connectivity index (χ2n) is 7.07. The van der Waals surface area contributed by atoms with E-state index in [0.717, 1.165) is 49.3 Å². The quantitative estimate of drug-likeness (QED) is 0.847. The Balaban J connectivity index is 0.00000196. The van der Waals surface area contributed by atoms with E-state index in [1.54, 1.807) is 0 Å². The average Bonchev–Trinajstić information content (AvgIpc) is 2.64. The van der Waals surface area contributed by atoms with Crippen molar-refractivity contribution in [2.45, 2.75) is 25.9 Å². The zero-order valence-electron chi connectivity index (χ0n) is 15.0. The summed E-state index contributed by atoms with van der Waals surface area (Å²) < 4.78 is 5.76. The van der Waals surface area contributed by atoms with Crippen molar-refractivity contribution in [3.63, 3.8) is 0 Å². The highest BCUT2D eigenvalue weighted by atomic mass is 35.5. The van der Waals surface area contributed by atoms with Crippen LogP contribution in [0.3, 0.4) is 0 Å². The molecule has 0 saturated carbocycles. The third-order valence-corrected chi connectivity index (χ3v) is 5.45. The number of anilines is 1. The molecule has 4 nitrogen and oxygen atoms in total. The van der Waals surface area contributed by atoms with Gasteiger partial charge in [0.2, 0.25) is 0 Å². The second-order valence-corrected chi connectivity index (χ2v) is 7.07. The summed E-state index contributed by atoms with van der Waals surface area (Å²) in [6, 6.07) is 16.1. The monoisotopic (exact) mass is 372 g/mol. The standard InChI is InChI=1S/C21H24N2O2.ClH/c1-15-6-2-3-7-17(15)18-8-4-5-9-19(18)22-21(24)25-20-14-23-12-10-16(20)11-13-23;/h2-9,16,20H,10-14H2,1H3,(H,22,24);1H. The van der Waals surface area contributed by atoms with Crippen molar-refractivity contribution >= 4 is 24.2 Å². The van der Waals surface area contributed by atoms with Crippen LogP contribution >= 0.6 is 12.4 Å². The van der Waals surface area contributed by atoms with Crippen LogP contribution in [0.25, 0.3) is 11.1 Å². The lowest BCUT2D eigenvalue weighted by atomic mass is 9.86. The fourth-order valence-electron chi connectivity index (χ4n) is 4.02. The van der Waals surface area contributed by atoms with Crippen LogP contribution in [0.5, 0.6) is 0 Å². The van der Waals surface area contributed by atoms with Gasteiger partial charge in [-0.15, -0.1) is 12.4 Å². The van der Waals surface area contributed by atoms with Gasteiger partial charge in [0.15, 0.2) is 0 Å². The Labute approximate surface area is 160 Å². The van der Waals surface area contributed by atoms with Crippen molar-refractivity contribution in [3.8, 4) is 11.1 Å². The van der Waals surface area contributed by atoms with Crippen LogP contribution < -0.4 is 5.32 Å². The van der Waals surface area contributed by atoms with Crippen molar-refractivity contribution in [3.05, 3.63) is 54.1 Å². The van der Waals surface area contributed by atoms with Crippen LogP contribution in [-0.4, -0.2) is 36.7 Å². The topological polar surface area (TPSA) is 41.6 Å². The molecular formula is C21H25ClN2O2. The zero-order valence-corrected chi connectivity index (χ0v) is 15.8. The molecule has 26 heavy (non-hydrogen) atoms. The minimum Gasteiger partial charge on any atom is -0.444 e. The summed E-state index contributed by atoms with van der Waals surface area (Å²) in [6.07, 6.45) is 1.95. The second kappa shape index (κ2) is 8.11. The van der Waals surface area contributed by atoms with Gasteiger partial charge in [-0.25, -0.2) is 4.79 Å². The van der Waals surface area contributed by atoms with Gasteiger partial charge >= 0.3 is 6.09 Å². The molecule has 1 amide bonds. The molecule has 3 saturated heterocycles. The molecule has 2 aromatic carbocycles. The molecular weight excluding hydrogens is 348 g/mol. The van der Waals surface area contributed by atoms with E-state index in [9.17, 15) is 4.79 Å². The van der Waals surface area contributed by atoms with Gasteiger partial charge in [-0.2, -0.15) is 0 Å². The number of carbonyl (C=O) groups is 1. The Bertz CT molecular complexity index is 772. The van der Waals surface area contributed by atoms with E-state index in [4.69, 9.17) is 4.74 Å². The number of aryl methyl sites for hydroxylation is 1. The van der Waals surface area contributed by atoms with Gasteiger partial charge < -0.3 is 4.74 Å². The summed E-state index contributed by atoms with van der Waals surface area (Å²) >= 11 is 0. The number of piperidine rings is 3. The minimum atomic E-state index is -0.347. The van der Waals surface area contributed by atoms with Gasteiger partial charge in [-0.05, 0) is 56.0 Å². The number of nitrogens with one attached hydrogen (secondary N) is 1. The maximum absolute atomic E-state index is 12.5. The highest BCUT2D eigenvalue weighted by Gasteiger charge is 2.36. The molecule has 5 heteroatoms. The predicted molar refractivity (Wildman–Crippen MR) is 107 cm³/mol. The first kappa shape index (κ1) is 18.7. The van der Waals surface area contributed by atoms with Gasteiger partial charge in [0.25, 0.3) is 0 Å². The molecule has 0 aliphatic carbocycles. The minimum absolute atomic E-state index is 0. The summed E-state index contributed by atoms with van der Waals surface area (Å²) in [4.78, 5) is 14.9. The lowest BCUT2D eigenvalue weighted by molar-refractivity contribution is -0.0289. The van der Waals surface area contributed by atoms with E-state index >= 15 is 0 Å². The number of rotatable bonds is 3. The number of carbonyl (C=O) groups excluding carboxylic acids is 1. The summed E-state index contributed by atoms with van der Waals surface area (Å²) in [5.41, 5.74) is 4.12. The van der Waals surface area contributed by atoms with Crippen molar-refractivity contribution in [1.82, 2.24) is 4.90 Å². The predicted octanol–water partition coefficient (Wildman–Crippen LogP) is 4.73. The number of nitrogens with zero attached hydrogens (tertiary/aromatic N) is 1. The highest BCUT2D eigenvalue weighted by Crippen LogP contribution is 2.32. The van der Waals surface area contributed by atoms with Gasteiger partial charge in [-0.1, -0.05) is 42.5 Å². The van der Waals surface area contributed by atoms with E-state index in [2.05, 4.69) is 29.3 Å². The molecule has 0 radical (unpaired) electrons. The molecule has 2 aromatic rings. The van der Waals surface area contributed by atoms with Gasteiger partial charge in [-0.3, -0.25) is 10.2 Å². The van der Waals surface area contributed by atoms with E-state index < -0.39 is 0 Å². The molecule has 1 N–H and O–H groups in total. The molecule has 0 aromatic heterocycles. The lowest BCUT2D eigenvalue weighted by Crippen LogP contribution is -2.52. The largest absolute Gasteiger partial charge is 0.444 e. The number of hydrogen-bond acceptors (Lipinski definition) is 3. The number of para-hydroxylation sites is 1. The number of halogens is 1. The molecule has 0 spiro atoms. The Kier molecular flexibility index (Phi) is 5.84. The smallest absolute Gasteiger partial charge is 0.411 e. The van der Waals surface area contributed by atoms with Crippen LogP contribution in [0.2, 0.25) is 0 Å². The number of hydrogen-bond donors (Lipinski definition) is 1. The molecule has 1 unspecified atom stereocenters. The Morgan fingerprint density at radius 1 is 1.04 bits per heavy atom. The van der Waals surface area contributed by atoms with E-state index in [1.165, 1.54) is 5.56 Å². The fraction of sp³-hybridized carbons (Fsp3) is 0.381. The van der Waals surface area contributed by atoms with Crippen LogP contribution in [0.4, 0.5) is 10.5 Å². The van der Waals surface area contributed by atoms with E-state index in [0.29, 0.717) is 5.92 Å². The molecule has 1 atom stereocenters. The third-order valence-electron chi connectivity index (χ3n) is 5.45. The third kappa shape index (κ3) is 3.87. The van der Waals surface area contributed by atoms with Gasteiger partial charge in [0, 0.05) is 12.1 Å². The Morgan fingerprint density at radius 3 is 2.35 bits per heavy atom. The molecule has 2 bridgehead atoms. The average molecular weight is 373 g/mol. The normalized spacial score (nSPS) is 23.8. The Morgan fingerprint density at radius 2 is 1.69 bits per heavy atom. The van der Waals surface area contributed by atoms with Crippen molar-refractivity contribution in [2.75, 3.05) is 25.0 Å². The SMILES string of the molecule is Cc1ccccc1-c1ccccc1NC(=O)OC1CN2CCC1CC2.Cl. The summed E-state index contributed by atoms with van der Waals surface area (Å²) in [7, 11) is 0. The first-order valence-corrected chi connectivity index (χ1v) is 9.06. The van der Waals surface area contributed by atoms with E-state index in [-0.39, 0.29) is 24.6 Å². The molecule has 138 valence electrons. The first-order valence-electron chi connectivity index (χ1n) is 9.06. The maximum atomic E-state index is 12.5. The lowest BCUT2D eigenvalue weighted by Gasteiger charge is -2.43. The number of ether oxygens (including phenoxy) is 1. The first-order chi connectivity index (χ1) is 12.2. The highest BCUT2D eigenvalue weighted by molar-refractivity contribution is 5.92. The number of fused-ring (bicyclic) bond motifs is 3. The molecule has 3 aliphatic heterocycles. The van der Waals surface area contributed by atoms with Gasteiger partial charge in [0.1, 0.15) is 6.10 Å². The van der Waals surface area contributed by atoms with Crippen molar-refractivity contribution in [1.29, 1.82) is 0 Å². The number of benzene rings is 2. The van der Waals surface area contributed by atoms with Crippen LogP contribution in [-0.2, 0) is 4.74 Å². The van der Waals surface area contributed by atoms with Gasteiger partial charge in [0.05, 0.1) is 5.69 Å². The zero-order chi connectivity index (χ0) is 17.2. The molecule has 3 aliphatic rings. The molecule has 5 rings (SSSR count). The van der Waals surface area contributed by atoms with Crippen LogP contribution in [0.1, 0.15) is 18.4 Å². The maximum Gasteiger partial charge on any atom is 0.411 e. The molecule has 3 heterocycles. The van der Waals surface area contributed by atoms with Crippen molar-refractivity contribution in [2.24, 2.45) is 5.92 Å². The summed E-state index contributed by atoms with van der Waals surface area (Å²) in [6.45, 7) is 5.24. The molecule has 3 fully saturated rings. The summed E-state index contributed by atoms with van der Waals surface area (Å²) in [5.74, 6) is 0.516. The Hall–Kier alpha value is -2.04. The van der Waals surface area contributed by atoms with Crippen LogP contribution in [0, 0.1) is 12.8 Å². The summed E-state index contributed by atoms with van der Waals surface area (Å²) in [5, 5.41) is 2.96. The number of amides is 1. The van der Waals surface area contributed by atoms with Crippen molar-refractivity contribution < 1.29 is 9.53 Å². The van der Waals surface area contributed by atoms with E-state index in [1.807, 2.05) is 36.4 Å². The van der Waals surface area contributed by atoms with Crippen LogP contribution in [0.15, 0.2) is 48.5 Å².